The number of benzene rings is 1. The Morgan fingerprint density at radius 3 is 2.88 bits per heavy atom. The number of thiazole rings is 1. The third-order valence-corrected chi connectivity index (χ3v) is 5.74. The van der Waals surface area contributed by atoms with Gasteiger partial charge in [-0.1, -0.05) is 42.1 Å². The van der Waals surface area contributed by atoms with Crippen LogP contribution in [0.25, 0.3) is 10.8 Å². The number of aryl methyl sites for hydroxylation is 1. The van der Waals surface area contributed by atoms with Gasteiger partial charge in [-0.2, -0.15) is 0 Å². The SMILES string of the molecule is O=c1[nH]nc(SCc2csc(-c3ccco3)n2)n1CCc1ccccc1. The van der Waals surface area contributed by atoms with Crippen LogP contribution >= 0.6 is 23.1 Å². The van der Waals surface area contributed by atoms with Gasteiger partial charge in [0.05, 0.1) is 12.0 Å². The highest BCUT2D eigenvalue weighted by Gasteiger charge is 2.12. The van der Waals surface area contributed by atoms with Crippen molar-refractivity contribution in [2.75, 3.05) is 0 Å². The molecule has 0 radical (unpaired) electrons. The summed E-state index contributed by atoms with van der Waals surface area (Å²) in [7, 11) is 0. The van der Waals surface area contributed by atoms with Crippen LogP contribution in [0.15, 0.2) is 68.5 Å². The minimum Gasteiger partial charge on any atom is -0.462 e. The smallest absolute Gasteiger partial charge is 0.343 e. The lowest BCUT2D eigenvalue weighted by Gasteiger charge is -2.05. The van der Waals surface area contributed by atoms with Crippen LogP contribution in [-0.4, -0.2) is 19.7 Å². The molecule has 6 nitrogen and oxygen atoms in total. The average Bonchev–Trinajstić information content (AvgIpc) is 3.41. The van der Waals surface area contributed by atoms with Crippen molar-refractivity contribution in [3.05, 3.63) is 75.8 Å². The Labute approximate surface area is 157 Å². The summed E-state index contributed by atoms with van der Waals surface area (Å²) in [5.41, 5.74) is 1.95. The molecule has 1 N–H and O–H groups in total. The molecule has 3 heterocycles. The highest BCUT2D eigenvalue weighted by molar-refractivity contribution is 7.98. The van der Waals surface area contributed by atoms with E-state index in [-0.39, 0.29) is 5.69 Å². The molecule has 0 aliphatic heterocycles. The van der Waals surface area contributed by atoms with Crippen molar-refractivity contribution in [2.45, 2.75) is 23.9 Å². The molecule has 1 aromatic carbocycles. The lowest BCUT2D eigenvalue weighted by molar-refractivity contribution is 0.581. The van der Waals surface area contributed by atoms with Crippen LogP contribution in [0.4, 0.5) is 0 Å². The van der Waals surface area contributed by atoms with Crippen LogP contribution in [0.1, 0.15) is 11.3 Å². The van der Waals surface area contributed by atoms with Crippen LogP contribution in [0.3, 0.4) is 0 Å². The summed E-state index contributed by atoms with van der Waals surface area (Å²) >= 11 is 3.05. The first-order chi connectivity index (χ1) is 12.8. The number of nitrogens with zero attached hydrogens (tertiary/aromatic N) is 3. The van der Waals surface area contributed by atoms with Crippen molar-refractivity contribution >= 4 is 23.1 Å². The molecule has 4 rings (SSSR count). The summed E-state index contributed by atoms with van der Waals surface area (Å²) in [6.07, 6.45) is 2.42. The molecule has 0 fully saturated rings. The van der Waals surface area contributed by atoms with Crippen molar-refractivity contribution < 1.29 is 4.42 Å². The molecule has 4 aromatic rings. The average molecular weight is 384 g/mol. The fourth-order valence-electron chi connectivity index (χ4n) is 2.52. The quantitative estimate of drug-likeness (QED) is 0.490. The zero-order valence-electron chi connectivity index (χ0n) is 13.8. The van der Waals surface area contributed by atoms with Crippen LogP contribution < -0.4 is 5.69 Å². The van der Waals surface area contributed by atoms with Gasteiger partial charge in [0.2, 0.25) is 0 Å². The minimum atomic E-state index is -0.182. The van der Waals surface area contributed by atoms with Gasteiger partial charge in [-0.3, -0.25) is 4.57 Å². The maximum absolute atomic E-state index is 12.0. The summed E-state index contributed by atoms with van der Waals surface area (Å²) < 4.78 is 7.05. The van der Waals surface area contributed by atoms with E-state index in [2.05, 4.69) is 27.3 Å². The number of thioether (sulfide) groups is 1. The lowest BCUT2D eigenvalue weighted by atomic mass is 10.1. The molecule has 0 saturated heterocycles. The monoisotopic (exact) mass is 384 g/mol. The van der Waals surface area contributed by atoms with E-state index in [4.69, 9.17) is 4.42 Å². The summed E-state index contributed by atoms with van der Waals surface area (Å²) in [6.45, 7) is 0.594. The van der Waals surface area contributed by atoms with E-state index in [1.807, 2.05) is 35.7 Å². The van der Waals surface area contributed by atoms with Crippen molar-refractivity contribution in [1.82, 2.24) is 19.7 Å². The van der Waals surface area contributed by atoms with E-state index >= 15 is 0 Å². The van der Waals surface area contributed by atoms with Crippen molar-refractivity contribution in [2.24, 2.45) is 0 Å². The van der Waals surface area contributed by atoms with Gasteiger partial charge in [-0.15, -0.1) is 16.4 Å². The first kappa shape index (κ1) is 16.9. The van der Waals surface area contributed by atoms with Gasteiger partial charge in [0.25, 0.3) is 0 Å². The maximum atomic E-state index is 12.0. The summed E-state index contributed by atoms with van der Waals surface area (Å²) in [5, 5.41) is 10.2. The first-order valence-corrected chi connectivity index (χ1v) is 9.96. The topological polar surface area (TPSA) is 76.7 Å². The predicted molar refractivity (Wildman–Crippen MR) is 102 cm³/mol. The van der Waals surface area contributed by atoms with E-state index in [9.17, 15) is 4.79 Å². The zero-order valence-corrected chi connectivity index (χ0v) is 15.4. The van der Waals surface area contributed by atoms with Gasteiger partial charge < -0.3 is 4.42 Å². The van der Waals surface area contributed by atoms with E-state index in [0.717, 1.165) is 22.9 Å². The predicted octanol–water partition coefficient (Wildman–Crippen LogP) is 3.82. The Morgan fingerprint density at radius 2 is 2.08 bits per heavy atom. The summed E-state index contributed by atoms with van der Waals surface area (Å²) in [5.74, 6) is 1.41. The number of hydrogen-bond donors (Lipinski definition) is 1. The second-order valence-corrected chi connectivity index (χ2v) is 7.41. The molecule has 132 valence electrons. The van der Waals surface area contributed by atoms with Crippen LogP contribution in [0.5, 0.6) is 0 Å². The standard InChI is InChI=1S/C18H16N4O2S2/c23-17-20-21-18(22(17)9-8-13-5-2-1-3-6-13)26-12-14-11-25-16(19-14)15-7-4-10-24-15/h1-7,10-11H,8-9,12H2,(H,20,23). The van der Waals surface area contributed by atoms with Crippen molar-refractivity contribution in [3.8, 4) is 10.8 Å². The second-order valence-electron chi connectivity index (χ2n) is 5.61. The zero-order chi connectivity index (χ0) is 17.8. The van der Waals surface area contributed by atoms with Crippen LogP contribution in [-0.2, 0) is 18.7 Å². The van der Waals surface area contributed by atoms with Crippen molar-refractivity contribution in [3.63, 3.8) is 0 Å². The number of nitrogens with one attached hydrogen (secondary N) is 1. The third-order valence-electron chi connectivity index (χ3n) is 3.82. The summed E-state index contributed by atoms with van der Waals surface area (Å²) in [4.78, 5) is 16.6. The number of rotatable bonds is 7. The molecular weight excluding hydrogens is 368 g/mol. The normalized spacial score (nSPS) is 11.1. The van der Waals surface area contributed by atoms with Gasteiger partial charge in [-0.25, -0.2) is 14.9 Å². The highest BCUT2D eigenvalue weighted by Crippen LogP contribution is 2.27. The van der Waals surface area contributed by atoms with Gasteiger partial charge in [0, 0.05) is 17.7 Å². The number of hydrogen-bond acceptors (Lipinski definition) is 6. The Kier molecular flexibility index (Phi) is 5.03. The molecule has 0 spiro atoms. The number of aromatic nitrogens is 4. The Hall–Kier alpha value is -2.58. The van der Waals surface area contributed by atoms with E-state index in [1.165, 1.54) is 17.3 Å². The van der Waals surface area contributed by atoms with Crippen molar-refractivity contribution in [1.29, 1.82) is 0 Å². The molecule has 8 heteroatoms. The molecule has 0 atom stereocenters. The molecule has 0 saturated carbocycles. The van der Waals surface area contributed by atoms with E-state index < -0.39 is 0 Å². The molecule has 3 aromatic heterocycles. The Bertz CT molecular complexity index is 1020. The minimum absolute atomic E-state index is 0.182. The largest absolute Gasteiger partial charge is 0.462 e. The van der Waals surface area contributed by atoms with Gasteiger partial charge >= 0.3 is 5.69 Å². The highest BCUT2D eigenvalue weighted by atomic mass is 32.2. The van der Waals surface area contributed by atoms with E-state index in [1.54, 1.807) is 22.2 Å². The number of H-pyrrole nitrogens is 1. The molecular formula is C18H16N4O2S2. The molecule has 0 amide bonds. The first-order valence-electron chi connectivity index (χ1n) is 8.10. The fraction of sp³-hybridized carbons (Fsp3) is 0.167. The Balaban J connectivity index is 1.42. The van der Waals surface area contributed by atoms with Crippen LogP contribution in [0, 0.1) is 0 Å². The van der Waals surface area contributed by atoms with Crippen LogP contribution in [0.2, 0.25) is 0 Å². The van der Waals surface area contributed by atoms with E-state index in [0.29, 0.717) is 17.5 Å². The molecule has 0 aliphatic carbocycles. The van der Waals surface area contributed by atoms with Gasteiger partial charge in [-0.05, 0) is 24.1 Å². The fourth-order valence-corrected chi connectivity index (χ4v) is 4.28. The molecule has 26 heavy (non-hydrogen) atoms. The molecule has 0 unspecified atom stereocenters. The summed E-state index contributed by atoms with van der Waals surface area (Å²) in [6, 6.07) is 13.8. The van der Waals surface area contributed by atoms with Gasteiger partial charge in [0.1, 0.15) is 0 Å². The number of aromatic amines is 1. The molecule has 0 bridgehead atoms. The third kappa shape index (κ3) is 3.81. The Morgan fingerprint density at radius 1 is 1.19 bits per heavy atom. The number of furan rings is 1. The maximum Gasteiger partial charge on any atom is 0.343 e. The lowest BCUT2D eigenvalue weighted by Crippen LogP contribution is -2.18. The molecule has 0 aliphatic rings. The van der Waals surface area contributed by atoms with Gasteiger partial charge in [0.15, 0.2) is 15.9 Å². The second kappa shape index (κ2) is 7.76.